The standard InChI is InChI=1S/C16H25ClN2O5S/c1-5-9-24-15-13(17)10-12(11-14(15)23-3)16(20)18-7-6-8-19(2)25(4,21)22/h10-11H,5-9H2,1-4H3,(H,18,20). The highest BCUT2D eigenvalue weighted by molar-refractivity contribution is 7.88. The summed E-state index contributed by atoms with van der Waals surface area (Å²) in [5.74, 6) is 0.490. The minimum atomic E-state index is -3.21. The quantitative estimate of drug-likeness (QED) is 0.616. The minimum absolute atomic E-state index is 0.301. The molecule has 25 heavy (non-hydrogen) atoms. The molecular formula is C16H25ClN2O5S. The highest BCUT2D eigenvalue weighted by Gasteiger charge is 2.16. The fourth-order valence-electron chi connectivity index (χ4n) is 1.97. The van der Waals surface area contributed by atoms with Gasteiger partial charge in [0.05, 0.1) is 25.0 Å². The van der Waals surface area contributed by atoms with Gasteiger partial charge in [0.25, 0.3) is 5.91 Å². The van der Waals surface area contributed by atoms with Gasteiger partial charge in [-0.15, -0.1) is 0 Å². The maximum Gasteiger partial charge on any atom is 0.251 e. The van der Waals surface area contributed by atoms with Gasteiger partial charge in [-0.3, -0.25) is 4.79 Å². The van der Waals surface area contributed by atoms with E-state index in [2.05, 4.69) is 5.32 Å². The van der Waals surface area contributed by atoms with Crippen molar-refractivity contribution in [1.29, 1.82) is 0 Å². The van der Waals surface area contributed by atoms with E-state index >= 15 is 0 Å². The van der Waals surface area contributed by atoms with Gasteiger partial charge >= 0.3 is 0 Å². The molecule has 1 rings (SSSR count). The lowest BCUT2D eigenvalue weighted by Gasteiger charge is -2.15. The summed E-state index contributed by atoms with van der Waals surface area (Å²) in [7, 11) is -0.234. The molecule has 0 bridgehead atoms. The van der Waals surface area contributed by atoms with Crippen LogP contribution in [0.4, 0.5) is 0 Å². The van der Waals surface area contributed by atoms with Crippen molar-refractivity contribution in [3.8, 4) is 11.5 Å². The van der Waals surface area contributed by atoms with E-state index in [0.29, 0.717) is 48.2 Å². The van der Waals surface area contributed by atoms with E-state index in [1.807, 2.05) is 6.92 Å². The number of amides is 1. The lowest BCUT2D eigenvalue weighted by molar-refractivity contribution is 0.0952. The van der Waals surface area contributed by atoms with Crippen LogP contribution in [0.3, 0.4) is 0 Å². The Bertz CT molecular complexity index is 694. The summed E-state index contributed by atoms with van der Waals surface area (Å²) in [6, 6.07) is 3.09. The second kappa shape index (κ2) is 9.84. The number of nitrogens with zero attached hydrogens (tertiary/aromatic N) is 1. The van der Waals surface area contributed by atoms with Crippen molar-refractivity contribution in [2.75, 3.05) is 40.1 Å². The molecule has 0 radical (unpaired) electrons. The van der Waals surface area contributed by atoms with E-state index in [0.717, 1.165) is 12.7 Å². The van der Waals surface area contributed by atoms with Crippen molar-refractivity contribution in [3.63, 3.8) is 0 Å². The van der Waals surface area contributed by atoms with E-state index in [4.69, 9.17) is 21.1 Å². The van der Waals surface area contributed by atoms with Crippen LogP contribution in [0.2, 0.25) is 5.02 Å². The molecule has 0 spiro atoms. The number of ether oxygens (including phenoxy) is 2. The van der Waals surface area contributed by atoms with E-state index in [1.165, 1.54) is 24.5 Å². The Morgan fingerprint density at radius 3 is 2.60 bits per heavy atom. The third kappa shape index (κ3) is 6.72. The van der Waals surface area contributed by atoms with Crippen molar-refractivity contribution < 1.29 is 22.7 Å². The number of methoxy groups -OCH3 is 1. The summed E-state index contributed by atoms with van der Waals surface area (Å²) >= 11 is 6.19. The van der Waals surface area contributed by atoms with Gasteiger partial charge in [0.1, 0.15) is 0 Å². The number of carbonyl (C=O) groups is 1. The third-order valence-corrected chi connectivity index (χ3v) is 5.04. The van der Waals surface area contributed by atoms with Crippen LogP contribution in [0.1, 0.15) is 30.1 Å². The predicted octanol–water partition coefficient (Wildman–Crippen LogP) is 2.15. The van der Waals surface area contributed by atoms with Gasteiger partial charge in [0, 0.05) is 25.7 Å². The van der Waals surface area contributed by atoms with Crippen LogP contribution < -0.4 is 14.8 Å². The van der Waals surface area contributed by atoms with Crippen LogP contribution in [0.25, 0.3) is 0 Å². The largest absolute Gasteiger partial charge is 0.493 e. The van der Waals surface area contributed by atoms with E-state index in [-0.39, 0.29) is 5.91 Å². The number of halogens is 1. The van der Waals surface area contributed by atoms with Gasteiger partial charge in [-0.2, -0.15) is 0 Å². The van der Waals surface area contributed by atoms with Crippen LogP contribution in [-0.4, -0.2) is 58.7 Å². The monoisotopic (exact) mass is 392 g/mol. The maximum atomic E-state index is 12.2. The molecule has 1 aromatic rings. The summed E-state index contributed by atoms with van der Waals surface area (Å²) < 4.78 is 34.6. The van der Waals surface area contributed by atoms with Gasteiger partial charge in [-0.1, -0.05) is 18.5 Å². The Morgan fingerprint density at radius 1 is 1.36 bits per heavy atom. The van der Waals surface area contributed by atoms with Crippen LogP contribution in [0, 0.1) is 0 Å². The van der Waals surface area contributed by atoms with Crippen LogP contribution in [0.5, 0.6) is 11.5 Å². The number of hydrogen-bond donors (Lipinski definition) is 1. The zero-order valence-electron chi connectivity index (χ0n) is 15.0. The highest BCUT2D eigenvalue weighted by Crippen LogP contribution is 2.36. The molecule has 9 heteroatoms. The molecule has 7 nitrogen and oxygen atoms in total. The van der Waals surface area contributed by atoms with E-state index in [9.17, 15) is 13.2 Å². The molecule has 0 aliphatic heterocycles. The summed E-state index contributed by atoms with van der Waals surface area (Å²) in [5.41, 5.74) is 0.349. The maximum absolute atomic E-state index is 12.2. The molecule has 0 fully saturated rings. The number of sulfonamides is 1. The minimum Gasteiger partial charge on any atom is -0.493 e. The first-order valence-electron chi connectivity index (χ1n) is 7.90. The molecule has 1 N–H and O–H groups in total. The van der Waals surface area contributed by atoms with E-state index < -0.39 is 10.0 Å². The van der Waals surface area contributed by atoms with Crippen LogP contribution >= 0.6 is 11.6 Å². The molecule has 0 aliphatic rings. The number of rotatable bonds is 10. The Kier molecular flexibility index (Phi) is 8.47. The molecule has 0 saturated heterocycles. The van der Waals surface area contributed by atoms with Crippen molar-refractivity contribution in [3.05, 3.63) is 22.7 Å². The lowest BCUT2D eigenvalue weighted by atomic mass is 10.2. The Morgan fingerprint density at radius 2 is 2.04 bits per heavy atom. The summed E-state index contributed by atoms with van der Waals surface area (Å²) in [5, 5.41) is 3.03. The van der Waals surface area contributed by atoms with Crippen molar-refractivity contribution in [1.82, 2.24) is 9.62 Å². The first-order valence-corrected chi connectivity index (χ1v) is 10.1. The second-order valence-corrected chi connectivity index (χ2v) is 8.03. The molecule has 0 unspecified atom stereocenters. The smallest absolute Gasteiger partial charge is 0.251 e. The Balaban J connectivity index is 2.68. The SMILES string of the molecule is CCCOc1c(Cl)cc(C(=O)NCCCN(C)S(C)(=O)=O)cc1OC. The highest BCUT2D eigenvalue weighted by atomic mass is 35.5. The average molecular weight is 393 g/mol. The molecule has 142 valence electrons. The second-order valence-electron chi connectivity index (χ2n) is 5.53. The summed E-state index contributed by atoms with van der Waals surface area (Å²) in [6.07, 6.45) is 2.46. The van der Waals surface area contributed by atoms with Crippen LogP contribution in [-0.2, 0) is 10.0 Å². The average Bonchev–Trinajstić information content (AvgIpc) is 2.55. The molecular weight excluding hydrogens is 368 g/mol. The van der Waals surface area contributed by atoms with Crippen molar-refractivity contribution >= 4 is 27.5 Å². The van der Waals surface area contributed by atoms with E-state index in [1.54, 1.807) is 6.07 Å². The lowest BCUT2D eigenvalue weighted by Crippen LogP contribution is -2.31. The Hall–Kier alpha value is -1.51. The number of nitrogens with one attached hydrogen (secondary N) is 1. The fourth-order valence-corrected chi connectivity index (χ4v) is 2.69. The van der Waals surface area contributed by atoms with Gasteiger partial charge in [0.2, 0.25) is 10.0 Å². The molecule has 0 heterocycles. The molecule has 1 amide bonds. The Labute approximate surface area is 154 Å². The molecule has 0 aromatic heterocycles. The topological polar surface area (TPSA) is 84.9 Å². The van der Waals surface area contributed by atoms with Gasteiger partial charge in [-0.05, 0) is 25.0 Å². The normalized spacial score (nSPS) is 11.4. The van der Waals surface area contributed by atoms with Gasteiger partial charge in [0.15, 0.2) is 11.5 Å². The number of benzene rings is 1. The first-order chi connectivity index (χ1) is 11.7. The summed E-state index contributed by atoms with van der Waals surface area (Å²) in [4.78, 5) is 12.2. The molecule has 0 aliphatic carbocycles. The number of carbonyl (C=O) groups excluding carboxylic acids is 1. The molecule has 0 saturated carbocycles. The molecule has 0 atom stereocenters. The zero-order chi connectivity index (χ0) is 19.0. The van der Waals surface area contributed by atoms with Crippen molar-refractivity contribution in [2.45, 2.75) is 19.8 Å². The zero-order valence-corrected chi connectivity index (χ0v) is 16.5. The summed E-state index contributed by atoms with van der Waals surface area (Å²) in [6.45, 7) is 3.14. The van der Waals surface area contributed by atoms with Crippen LogP contribution in [0.15, 0.2) is 12.1 Å². The first kappa shape index (κ1) is 21.5. The number of hydrogen-bond acceptors (Lipinski definition) is 5. The van der Waals surface area contributed by atoms with Gasteiger partial charge in [-0.25, -0.2) is 12.7 Å². The predicted molar refractivity (Wildman–Crippen MR) is 98.2 cm³/mol. The third-order valence-electron chi connectivity index (χ3n) is 3.44. The van der Waals surface area contributed by atoms with Gasteiger partial charge < -0.3 is 14.8 Å². The fraction of sp³-hybridized carbons (Fsp3) is 0.562. The molecule has 1 aromatic carbocycles. The van der Waals surface area contributed by atoms with Crippen molar-refractivity contribution in [2.24, 2.45) is 0 Å².